The summed E-state index contributed by atoms with van der Waals surface area (Å²) in [5.74, 6) is 1.15. The lowest BCUT2D eigenvalue weighted by atomic mass is 9.98. The van der Waals surface area contributed by atoms with Gasteiger partial charge in [0.2, 0.25) is 17.6 Å². The summed E-state index contributed by atoms with van der Waals surface area (Å²) in [6.07, 6.45) is 1.22. The highest BCUT2D eigenvalue weighted by Gasteiger charge is 2.28. The summed E-state index contributed by atoms with van der Waals surface area (Å²) in [5, 5.41) is 7.76. The fourth-order valence-corrected chi connectivity index (χ4v) is 3.21. The normalized spacial score (nSPS) is 16.8. The Balaban J connectivity index is 1.56. The van der Waals surface area contributed by atoms with Gasteiger partial charge in [-0.2, -0.15) is 10.1 Å². The summed E-state index contributed by atoms with van der Waals surface area (Å²) < 4.78 is 8.38. The van der Waals surface area contributed by atoms with E-state index in [1.165, 1.54) is 4.68 Å². The summed E-state index contributed by atoms with van der Waals surface area (Å²) in [6, 6.07) is 1.87. The second-order valence-corrected chi connectivity index (χ2v) is 6.37. The van der Waals surface area contributed by atoms with Crippen LogP contribution in [-0.4, -0.2) is 30.2 Å². The van der Waals surface area contributed by atoms with Gasteiger partial charge in [-0.15, -0.1) is 0 Å². The Morgan fingerprint density at radius 3 is 2.96 bits per heavy atom. The molecule has 3 aromatic rings. The van der Waals surface area contributed by atoms with Gasteiger partial charge in [0.1, 0.15) is 11.6 Å². The number of nitrogens with zero attached hydrogens (tertiary/aromatic N) is 5. The number of amides is 1. The van der Waals surface area contributed by atoms with Crippen LogP contribution in [0.5, 0.6) is 0 Å². The van der Waals surface area contributed by atoms with E-state index in [2.05, 4.69) is 20.4 Å². The van der Waals surface area contributed by atoms with Crippen LogP contribution in [0.25, 0.3) is 11.1 Å². The van der Waals surface area contributed by atoms with Crippen molar-refractivity contribution in [2.45, 2.75) is 33.2 Å². The number of rotatable bonds is 2. The van der Waals surface area contributed by atoms with Crippen molar-refractivity contribution in [3.63, 3.8) is 0 Å². The van der Waals surface area contributed by atoms with Crippen LogP contribution in [0.3, 0.4) is 0 Å². The molecule has 4 rings (SSSR count). The molecule has 3 aromatic heterocycles. The Morgan fingerprint density at radius 2 is 2.16 bits per heavy atom. The topological polar surface area (TPSA) is 108 Å². The van der Waals surface area contributed by atoms with Crippen LogP contribution in [-0.2, 0) is 24.8 Å². The molecule has 0 fully saturated rings. The average Bonchev–Trinajstić information content (AvgIpc) is 3.07. The Morgan fingerprint density at radius 1 is 1.36 bits per heavy atom. The summed E-state index contributed by atoms with van der Waals surface area (Å²) in [4.78, 5) is 33.2. The number of furan rings is 1. The molecule has 0 spiro atoms. The molecular weight excluding hydrogens is 324 g/mol. The van der Waals surface area contributed by atoms with E-state index in [1.807, 2.05) is 19.9 Å². The number of nitrogens with one attached hydrogen (secondary N) is 1. The van der Waals surface area contributed by atoms with Crippen LogP contribution in [0, 0.1) is 19.8 Å². The van der Waals surface area contributed by atoms with E-state index in [9.17, 15) is 9.59 Å². The van der Waals surface area contributed by atoms with E-state index < -0.39 is 0 Å². The first-order valence-corrected chi connectivity index (χ1v) is 8.10. The molecule has 0 bridgehead atoms. The number of hydrogen-bond donors (Lipinski definition) is 1. The quantitative estimate of drug-likeness (QED) is 0.742. The van der Waals surface area contributed by atoms with E-state index in [-0.39, 0.29) is 23.5 Å². The maximum atomic E-state index is 12.6. The third-order valence-electron chi connectivity index (χ3n) is 4.52. The van der Waals surface area contributed by atoms with Crippen molar-refractivity contribution < 1.29 is 9.21 Å². The third kappa shape index (κ3) is 2.61. The van der Waals surface area contributed by atoms with Crippen LogP contribution in [0.2, 0.25) is 0 Å². The van der Waals surface area contributed by atoms with Crippen molar-refractivity contribution in [1.29, 1.82) is 0 Å². The SMILES string of the molecule is Cc1cc2c(C)nc(NC(=O)C3CCc4nn(C)c(=O)n4C3)nc2o1. The van der Waals surface area contributed by atoms with Gasteiger partial charge in [-0.3, -0.25) is 14.7 Å². The van der Waals surface area contributed by atoms with Gasteiger partial charge in [-0.05, 0) is 26.3 Å². The van der Waals surface area contributed by atoms with Crippen LogP contribution in [0.4, 0.5) is 5.95 Å². The maximum Gasteiger partial charge on any atom is 0.345 e. The van der Waals surface area contributed by atoms with Crippen LogP contribution < -0.4 is 11.0 Å². The minimum Gasteiger partial charge on any atom is -0.443 e. The Labute approximate surface area is 142 Å². The number of aromatic nitrogens is 5. The lowest BCUT2D eigenvalue weighted by Gasteiger charge is -2.21. The van der Waals surface area contributed by atoms with Crippen LogP contribution >= 0.6 is 0 Å². The molecule has 1 amide bonds. The van der Waals surface area contributed by atoms with E-state index in [4.69, 9.17) is 4.42 Å². The lowest BCUT2D eigenvalue weighted by molar-refractivity contribution is -0.120. The van der Waals surface area contributed by atoms with Crippen LogP contribution in [0.15, 0.2) is 15.3 Å². The highest BCUT2D eigenvalue weighted by molar-refractivity contribution is 5.92. The molecule has 1 aliphatic heterocycles. The number of aryl methyl sites for hydroxylation is 4. The second-order valence-electron chi connectivity index (χ2n) is 6.37. The number of carbonyl (C=O) groups excluding carboxylic acids is 1. The van der Waals surface area contributed by atoms with Gasteiger partial charge in [0.15, 0.2) is 0 Å². The van der Waals surface area contributed by atoms with E-state index in [1.54, 1.807) is 11.6 Å². The van der Waals surface area contributed by atoms with Crippen molar-refractivity contribution in [2.24, 2.45) is 13.0 Å². The molecule has 9 nitrogen and oxygen atoms in total. The molecule has 1 aliphatic rings. The first-order valence-electron chi connectivity index (χ1n) is 8.10. The molecule has 130 valence electrons. The van der Waals surface area contributed by atoms with Gasteiger partial charge in [-0.25, -0.2) is 14.5 Å². The third-order valence-corrected chi connectivity index (χ3v) is 4.52. The fraction of sp³-hybridized carbons (Fsp3) is 0.438. The smallest absolute Gasteiger partial charge is 0.345 e. The molecule has 1 atom stereocenters. The summed E-state index contributed by atoms with van der Waals surface area (Å²) >= 11 is 0. The first kappa shape index (κ1) is 15.6. The predicted octanol–water partition coefficient (Wildman–Crippen LogP) is 0.936. The first-order chi connectivity index (χ1) is 11.9. The number of anilines is 1. The maximum absolute atomic E-state index is 12.6. The molecule has 25 heavy (non-hydrogen) atoms. The van der Waals surface area contributed by atoms with Gasteiger partial charge in [0.25, 0.3) is 0 Å². The predicted molar refractivity (Wildman–Crippen MR) is 89.2 cm³/mol. The van der Waals surface area contributed by atoms with Crippen molar-refractivity contribution >= 4 is 23.0 Å². The number of hydrogen-bond acceptors (Lipinski definition) is 6. The van der Waals surface area contributed by atoms with Crippen LogP contribution in [0.1, 0.15) is 23.7 Å². The van der Waals surface area contributed by atoms with E-state index in [0.717, 1.165) is 22.7 Å². The standard InChI is InChI=1S/C16H18N6O3/c1-8-6-11-9(2)17-15(19-14(11)25-8)18-13(23)10-4-5-12-20-21(3)16(24)22(12)7-10/h6,10H,4-5,7H2,1-3H3,(H,17,18,19,23). The molecule has 0 aliphatic carbocycles. The Hall–Kier alpha value is -2.97. The second kappa shape index (κ2) is 5.54. The van der Waals surface area contributed by atoms with Crippen molar-refractivity contribution in [3.8, 4) is 0 Å². The molecule has 0 saturated carbocycles. The van der Waals surface area contributed by atoms with E-state index >= 15 is 0 Å². The molecule has 4 heterocycles. The summed E-state index contributed by atoms with van der Waals surface area (Å²) in [5.41, 5.74) is 0.994. The molecule has 0 aromatic carbocycles. The Kier molecular flexibility index (Phi) is 3.45. The zero-order valence-corrected chi connectivity index (χ0v) is 14.2. The zero-order chi connectivity index (χ0) is 17.7. The largest absolute Gasteiger partial charge is 0.443 e. The molecule has 0 radical (unpaired) electrons. The monoisotopic (exact) mass is 342 g/mol. The van der Waals surface area contributed by atoms with Crippen molar-refractivity contribution in [2.75, 3.05) is 5.32 Å². The highest BCUT2D eigenvalue weighted by atomic mass is 16.3. The average molecular weight is 342 g/mol. The van der Waals surface area contributed by atoms with Gasteiger partial charge < -0.3 is 4.42 Å². The lowest BCUT2D eigenvalue weighted by Crippen LogP contribution is -2.36. The highest BCUT2D eigenvalue weighted by Crippen LogP contribution is 2.22. The van der Waals surface area contributed by atoms with Gasteiger partial charge >= 0.3 is 5.69 Å². The summed E-state index contributed by atoms with van der Waals surface area (Å²) in [7, 11) is 1.61. The van der Waals surface area contributed by atoms with E-state index in [0.29, 0.717) is 25.1 Å². The van der Waals surface area contributed by atoms with Gasteiger partial charge in [0, 0.05) is 20.0 Å². The minimum atomic E-state index is -0.327. The summed E-state index contributed by atoms with van der Waals surface area (Å²) in [6.45, 7) is 4.00. The molecule has 0 saturated heterocycles. The molecular formula is C16H18N6O3. The van der Waals surface area contributed by atoms with Gasteiger partial charge in [-0.1, -0.05) is 0 Å². The number of carbonyl (C=O) groups is 1. The van der Waals surface area contributed by atoms with Gasteiger partial charge in [0.05, 0.1) is 17.0 Å². The minimum absolute atomic E-state index is 0.202. The Bertz CT molecular complexity index is 1040. The van der Waals surface area contributed by atoms with Crippen molar-refractivity contribution in [1.82, 2.24) is 24.3 Å². The molecule has 1 N–H and O–H groups in total. The van der Waals surface area contributed by atoms with Crippen molar-refractivity contribution in [3.05, 3.63) is 33.8 Å². The molecule has 1 unspecified atom stereocenters. The zero-order valence-electron chi connectivity index (χ0n) is 14.2. The number of fused-ring (bicyclic) bond motifs is 2. The molecule has 9 heteroatoms. The fourth-order valence-electron chi connectivity index (χ4n) is 3.21.